The largest absolute Gasteiger partial charge is 0.387 e. The first-order valence-electron chi connectivity index (χ1n) is 12.3. The summed E-state index contributed by atoms with van der Waals surface area (Å²) < 4.78 is 8.25. The topological polar surface area (TPSA) is 197 Å². The van der Waals surface area contributed by atoms with Gasteiger partial charge in [0, 0.05) is 63.9 Å². The van der Waals surface area contributed by atoms with E-state index in [0.717, 1.165) is 43.0 Å². The summed E-state index contributed by atoms with van der Waals surface area (Å²) in [5.41, 5.74) is -1.71. The van der Waals surface area contributed by atoms with Gasteiger partial charge in [0.2, 0.25) is 11.4 Å². The second-order valence-corrected chi connectivity index (χ2v) is 9.08. The fourth-order valence-corrected chi connectivity index (χ4v) is 4.63. The number of anilines is 1. The molecule has 0 saturated carbocycles. The van der Waals surface area contributed by atoms with Crippen molar-refractivity contribution in [1.82, 2.24) is 34.7 Å². The van der Waals surface area contributed by atoms with E-state index >= 15 is 0 Å². The number of rotatable bonds is 6. The van der Waals surface area contributed by atoms with Gasteiger partial charge in [-0.3, -0.25) is 23.9 Å². The molecule has 0 radical (unpaired) electrons. The van der Waals surface area contributed by atoms with Gasteiger partial charge in [0.15, 0.2) is 6.23 Å². The van der Waals surface area contributed by atoms with Crippen molar-refractivity contribution in [1.29, 1.82) is 0 Å². The number of H-pyrrole nitrogens is 1. The van der Waals surface area contributed by atoms with Crippen LogP contribution in [0, 0.1) is 0 Å². The van der Waals surface area contributed by atoms with Crippen molar-refractivity contribution >= 4 is 22.9 Å². The molecule has 0 spiro atoms. The van der Waals surface area contributed by atoms with Crippen LogP contribution in [-0.4, -0.2) is 91.2 Å². The van der Waals surface area contributed by atoms with E-state index in [1.807, 2.05) is 16.8 Å². The lowest BCUT2D eigenvalue weighted by atomic mass is 10.1. The third kappa shape index (κ3) is 4.71. The molecule has 5 N–H and O–H groups in total. The Morgan fingerprint density at radius 3 is 2.68 bits per heavy atom. The summed E-state index contributed by atoms with van der Waals surface area (Å²) >= 11 is 0. The van der Waals surface area contributed by atoms with Crippen molar-refractivity contribution in [3.05, 3.63) is 61.3 Å². The Labute approximate surface area is 214 Å². The zero-order chi connectivity index (χ0) is 27.0. The van der Waals surface area contributed by atoms with Crippen LogP contribution >= 0.6 is 0 Å². The predicted octanol–water partition coefficient (Wildman–Crippen LogP) is -2.88. The number of ether oxygens (including phenoxy) is 1. The predicted molar refractivity (Wildman–Crippen MR) is 134 cm³/mol. The van der Waals surface area contributed by atoms with Gasteiger partial charge in [0.1, 0.15) is 29.5 Å². The molecule has 5 heterocycles. The molecular weight excluding hydrogens is 500 g/mol. The molecule has 0 aromatic carbocycles. The van der Waals surface area contributed by atoms with Crippen molar-refractivity contribution in [2.75, 3.05) is 37.6 Å². The molecule has 2 fully saturated rings. The number of carbonyl (C=O) groups is 1. The minimum absolute atomic E-state index is 0.140. The van der Waals surface area contributed by atoms with E-state index in [4.69, 9.17) is 4.74 Å². The molecule has 1 amide bonds. The molecule has 5 rings (SSSR count). The number of aliphatic hydroxyl groups is 2. The zero-order valence-electron chi connectivity index (χ0n) is 20.5. The summed E-state index contributed by atoms with van der Waals surface area (Å²) in [6.45, 7) is 5.14. The maximum absolute atomic E-state index is 13.2. The third-order valence-electron chi connectivity index (χ3n) is 6.71. The summed E-state index contributed by atoms with van der Waals surface area (Å²) in [4.78, 5) is 62.6. The van der Waals surface area contributed by atoms with E-state index in [-0.39, 0.29) is 17.5 Å². The number of aryl methyl sites for hydroxylation is 1. The average Bonchev–Trinajstić information content (AvgIpc) is 3.20. The van der Waals surface area contributed by atoms with Crippen LogP contribution in [0.4, 0.5) is 5.95 Å². The molecular formula is C23H28N8O7. The monoisotopic (exact) mass is 528 g/mol. The molecule has 3 aromatic rings. The van der Waals surface area contributed by atoms with Crippen LogP contribution in [-0.2, 0) is 11.3 Å². The van der Waals surface area contributed by atoms with Gasteiger partial charge < -0.3 is 35.1 Å². The molecule has 2 aliphatic heterocycles. The van der Waals surface area contributed by atoms with Gasteiger partial charge in [-0.05, 0) is 6.92 Å². The number of nitrogens with zero attached hydrogens (tertiary/aromatic N) is 5. The van der Waals surface area contributed by atoms with Crippen LogP contribution < -0.4 is 32.2 Å². The Kier molecular flexibility index (Phi) is 7.07. The highest BCUT2D eigenvalue weighted by Gasteiger charge is 2.44. The van der Waals surface area contributed by atoms with Crippen molar-refractivity contribution < 1.29 is 19.7 Å². The zero-order valence-corrected chi connectivity index (χ0v) is 20.5. The standard InChI is InChI=1S/C23H28N8O7/c1-2-29-11-13(16(33)12-9-26-22(28-19(12)29)30-7-4-24-5-8-30)20(36)25-10-14-17(34)18(35)21(38-14)31-6-3-15(32)27-23(31)37/h3,6,9,11,14,17-18,21,24,34-35H,2,4-5,7-8,10H2,1H3,(H,25,36)(H,27,32,37)/t14-,17-,18-,21-/m1/s1. The van der Waals surface area contributed by atoms with E-state index in [0.29, 0.717) is 18.1 Å². The minimum atomic E-state index is -1.50. The summed E-state index contributed by atoms with van der Waals surface area (Å²) in [6.07, 6.45) is -1.32. The normalized spacial score (nSPS) is 23.6. The van der Waals surface area contributed by atoms with Gasteiger partial charge in [-0.2, -0.15) is 4.98 Å². The number of amides is 1. The van der Waals surface area contributed by atoms with E-state index in [9.17, 15) is 29.4 Å². The molecule has 15 nitrogen and oxygen atoms in total. The summed E-state index contributed by atoms with van der Waals surface area (Å²) in [7, 11) is 0. The second kappa shape index (κ2) is 10.4. The van der Waals surface area contributed by atoms with Crippen LogP contribution in [0.5, 0.6) is 0 Å². The first-order chi connectivity index (χ1) is 18.3. The lowest BCUT2D eigenvalue weighted by Crippen LogP contribution is -2.44. The number of hydrogen-bond acceptors (Lipinski definition) is 11. The maximum Gasteiger partial charge on any atom is 0.330 e. The number of nitrogens with one attached hydrogen (secondary N) is 3. The quantitative estimate of drug-likeness (QED) is 0.220. The summed E-state index contributed by atoms with van der Waals surface area (Å²) in [5.74, 6) is -0.194. The number of hydrogen-bond donors (Lipinski definition) is 5. The fraction of sp³-hybridized carbons (Fsp3) is 0.478. The number of piperazine rings is 1. The van der Waals surface area contributed by atoms with E-state index in [1.165, 1.54) is 12.4 Å². The lowest BCUT2D eigenvalue weighted by Gasteiger charge is -2.27. The van der Waals surface area contributed by atoms with E-state index in [1.54, 1.807) is 4.57 Å². The van der Waals surface area contributed by atoms with Crippen LogP contribution in [0.2, 0.25) is 0 Å². The van der Waals surface area contributed by atoms with Crippen LogP contribution in [0.15, 0.2) is 39.0 Å². The van der Waals surface area contributed by atoms with Gasteiger partial charge in [-0.1, -0.05) is 0 Å². The molecule has 0 unspecified atom stereocenters. The third-order valence-corrected chi connectivity index (χ3v) is 6.71. The Morgan fingerprint density at radius 2 is 1.97 bits per heavy atom. The van der Waals surface area contributed by atoms with Crippen molar-refractivity contribution in [3.63, 3.8) is 0 Å². The first-order valence-corrected chi connectivity index (χ1v) is 12.3. The molecule has 15 heteroatoms. The van der Waals surface area contributed by atoms with Gasteiger partial charge in [0.05, 0.1) is 5.39 Å². The van der Waals surface area contributed by atoms with Gasteiger partial charge in [0.25, 0.3) is 11.5 Å². The number of aromatic amines is 1. The van der Waals surface area contributed by atoms with Crippen molar-refractivity contribution in [2.45, 2.75) is 38.0 Å². The molecule has 3 aromatic heterocycles. The maximum atomic E-state index is 13.2. The summed E-state index contributed by atoms with van der Waals surface area (Å²) in [6, 6.07) is 1.08. The van der Waals surface area contributed by atoms with Crippen molar-refractivity contribution in [2.24, 2.45) is 0 Å². The smallest absolute Gasteiger partial charge is 0.330 e. The van der Waals surface area contributed by atoms with Crippen LogP contribution in [0.3, 0.4) is 0 Å². The fourth-order valence-electron chi connectivity index (χ4n) is 4.63. The highest BCUT2D eigenvalue weighted by Crippen LogP contribution is 2.28. The number of aromatic nitrogens is 5. The Hall–Kier alpha value is -3.92. The van der Waals surface area contributed by atoms with Crippen molar-refractivity contribution in [3.8, 4) is 0 Å². The SMILES string of the molecule is CCn1cc(C(=O)NC[C@H]2O[C@@H](n3ccc(=O)[nH]c3=O)[C@H](O)[C@@H]2O)c(=O)c2cnc(N3CCNCC3)nc21. The number of pyridine rings is 1. The molecule has 2 aliphatic rings. The number of fused-ring (bicyclic) bond motifs is 1. The average molecular weight is 529 g/mol. The minimum Gasteiger partial charge on any atom is -0.387 e. The lowest BCUT2D eigenvalue weighted by molar-refractivity contribution is -0.0387. The Balaban J connectivity index is 1.35. The molecule has 202 valence electrons. The molecule has 4 atom stereocenters. The molecule has 2 saturated heterocycles. The number of carbonyl (C=O) groups excluding carboxylic acids is 1. The number of aliphatic hydroxyl groups excluding tert-OH is 2. The summed E-state index contributed by atoms with van der Waals surface area (Å²) in [5, 5.41) is 26.8. The molecule has 0 aliphatic carbocycles. The highest BCUT2D eigenvalue weighted by atomic mass is 16.6. The second-order valence-electron chi connectivity index (χ2n) is 9.08. The molecule has 0 bridgehead atoms. The van der Waals surface area contributed by atoms with Gasteiger partial charge in [-0.25, -0.2) is 9.78 Å². The Morgan fingerprint density at radius 1 is 1.21 bits per heavy atom. The van der Waals surface area contributed by atoms with Crippen LogP contribution in [0.1, 0.15) is 23.5 Å². The van der Waals surface area contributed by atoms with E-state index in [2.05, 4.69) is 20.6 Å². The van der Waals surface area contributed by atoms with E-state index < -0.39 is 47.1 Å². The van der Waals surface area contributed by atoms with Crippen LogP contribution in [0.25, 0.3) is 11.0 Å². The first kappa shape index (κ1) is 25.7. The molecule has 38 heavy (non-hydrogen) atoms. The Bertz CT molecular complexity index is 1530. The van der Waals surface area contributed by atoms with Gasteiger partial charge in [-0.15, -0.1) is 0 Å². The highest BCUT2D eigenvalue weighted by molar-refractivity contribution is 5.96. The van der Waals surface area contributed by atoms with Gasteiger partial charge >= 0.3 is 5.69 Å².